The highest BCUT2D eigenvalue weighted by Gasteiger charge is 2.13. The summed E-state index contributed by atoms with van der Waals surface area (Å²) in [6.45, 7) is 4.93. The number of pyridine rings is 2. The van der Waals surface area contributed by atoms with Gasteiger partial charge in [-0.2, -0.15) is 5.10 Å². The summed E-state index contributed by atoms with van der Waals surface area (Å²) in [7, 11) is 0. The van der Waals surface area contributed by atoms with Gasteiger partial charge in [0.2, 0.25) is 0 Å². The topological polar surface area (TPSA) is 116 Å². The van der Waals surface area contributed by atoms with E-state index in [2.05, 4.69) is 20.4 Å². The van der Waals surface area contributed by atoms with Crippen LogP contribution in [0.3, 0.4) is 0 Å². The molecular formula is C24H24N6O2. The first-order valence-corrected chi connectivity index (χ1v) is 10.3. The van der Waals surface area contributed by atoms with Gasteiger partial charge in [-0.3, -0.25) is 14.5 Å². The fourth-order valence-corrected chi connectivity index (χ4v) is 3.78. The van der Waals surface area contributed by atoms with Gasteiger partial charge in [-0.15, -0.1) is 0 Å². The van der Waals surface area contributed by atoms with Gasteiger partial charge >= 0.3 is 0 Å². The van der Waals surface area contributed by atoms with Crippen molar-refractivity contribution in [3.63, 3.8) is 0 Å². The summed E-state index contributed by atoms with van der Waals surface area (Å²) >= 11 is 0. The molecule has 0 aliphatic carbocycles. The van der Waals surface area contributed by atoms with E-state index in [0.717, 1.165) is 45.0 Å². The standard InChI is InChI=1S/C24H24N6O2/c1-15-9-21-20(5-7-26-23(21)25)16(2)22(15)12-28-24(32)18-11-29-30(14-18)13-17-3-4-19(6-8-31)27-10-17/h3-5,7-11,14H,6,12-13H2,1-2H3,(H2,25,26)(H,28,32). The Morgan fingerprint density at radius 3 is 2.75 bits per heavy atom. The first kappa shape index (κ1) is 21.2. The van der Waals surface area contributed by atoms with Crippen LogP contribution in [0.4, 0.5) is 5.82 Å². The Hall–Kier alpha value is -4.07. The second-order valence-corrected chi connectivity index (χ2v) is 7.73. The van der Waals surface area contributed by atoms with E-state index in [1.807, 2.05) is 38.1 Å². The van der Waals surface area contributed by atoms with Crippen molar-refractivity contribution in [3.8, 4) is 0 Å². The zero-order valence-corrected chi connectivity index (χ0v) is 18.0. The van der Waals surface area contributed by atoms with Crippen LogP contribution in [0.15, 0.2) is 49.1 Å². The highest BCUT2D eigenvalue weighted by Crippen LogP contribution is 2.27. The van der Waals surface area contributed by atoms with Crippen molar-refractivity contribution in [2.45, 2.75) is 33.4 Å². The first-order valence-electron chi connectivity index (χ1n) is 10.3. The smallest absolute Gasteiger partial charge is 0.254 e. The SMILES string of the molecule is Cc1cc2c(N)nccc2c(C)c1CNC(=O)c1cnn(Cc2ccc(CC=O)nc2)c1. The average molecular weight is 428 g/mol. The van der Waals surface area contributed by atoms with Crippen LogP contribution in [0.1, 0.15) is 38.3 Å². The molecule has 0 unspecified atom stereocenters. The van der Waals surface area contributed by atoms with E-state index < -0.39 is 0 Å². The van der Waals surface area contributed by atoms with Gasteiger partial charge in [0, 0.05) is 42.6 Å². The second-order valence-electron chi connectivity index (χ2n) is 7.73. The lowest BCUT2D eigenvalue weighted by Crippen LogP contribution is -2.23. The molecule has 0 atom stereocenters. The number of carbonyl (C=O) groups is 2. The largest absolute Gasteiger partial charge is 0.383 e. The monoisotopic (exact) mass is 428 g/mol. The molecule has 3 N–H and O–H groups in total. The van der Waals surface area contributed by atoms with Gasteiger partial charge in [-0.1, -0.05) is 6.07 Å². The van der Waals surface area contributed by atoms with Crippen molar-refractivity contribution in [2.24, 2.45) is 0 Å². The molecule has 0 spiro atoms. The van der Waals surface area contributed by atoms with E-state index in [1.165, 1.54) is 0 Å². The summed E-state index contributed by atoms with van der Waals surface area (Å²) < 4.78 is 1.69. The molecule has 4 rings (SSSR count). The van der Waals surface area contributed by atoms with Gasteiger partial charge in [0.1, 0.15) is 12.1 Å². The van der Waals surface area contributed by atoms with Gasteiger partial charge in [0.05, 0.1) is 18.3 Å². The van der Waals surface area contributed by atoms with Crippen LogP contribution < -0.4 is 11.1 Å². The molecule has 1 aromatic carbocycles. The maximum absolute atomic E-state index is 12.7. The van der Waals surface area contributed by atoms with Gasteiger partial charge < -0.3 is 15.8 Å². The van der Waals surface area contributed by atoms with Crippen molar-refractivity contribution in [3.05, 3.63) is 82.6 Å². The molecular weight excluding hydrogens is 404 g/mol. The van der Waals surface area contributed by atoms with Crippen LogP contribution in [-0.4, -0.2) is 31.9 Å². The minimum atomic E-state index is -0.191. The van der Waals surface area contributed by atoms with E-state index in [4.69, 9.17) is 5.73 Å². The summed E-state index contributed by atoms with van der Waals surface area (Å²) in [5.74, 6) is 0.314. The fraction of sp³-hybridized carbons (Fsp3) is 0.208. The molecule has 0 saturated carbocycles. The van der Waals surface area contributed by atoms with E-state index in [0.29, 0.717) is 30.9 Å². The highest BCUT2D eigenvalue weighted by atomic mass is 16.1. The first-order chi connectivity index (χ1) is 15.5. The third-order valence-corrected chi connectivity index (χ3v) is 5.56. The lowest BCUT2D eigenvalue weighted by atomic mass is 9.96. The van der Waals surface area contributed by atoms with Gasteiger partial charge in [0.15, 0.2) is 0 Å². The Kier molecular flexibility index (Phi) is 5.93. The molecule has 0 bridgehead atoms. The minimum absolute atomic E-state index is 0.191. The Morgan fingerprint density at radius 2 is 2.00 bits per heavy atom. The Morgan fingerprint density at radius 1 is 1.16 bits per heavy atom. The summed E-state index contributed by atoms with van der Waals surface area (Å²) in [6.07, 6.45) is 7.80. The van der Waals surface area contributed by atoms with Crippen LogP contribution in [0.2, 0.25) is 0 Å². The van der Waals surface area contributed by atoms with Gasteiger partial charge in [0.25, 0.3) is 5.91 Å². The maximum atomic E-state index is 12.7. The Bertz CT molecular complexity index is 1290. The van der Waals surface area contributed by atoms with Crippen molar-refractivity contribution >= 4 is 28.8 Å². The maximum Gasteiger partial charge on any atom is 0.254 e. The zero-order chi connectivity index (χ0) is 22.7. The van der Waals surface area contributed by atoms with Gasteiger partial charge in [-0.25, -0.2) is 4.98 Å². The van der Waals surface area contributed by atoms with Gasteiger partial charge in [-0.05, 0) is 59.7 Å². The number of amides is 1. The fourth-order valence-electron chi connectivity index (χ4n) is 3.78. The van der Waals surface area contributed by atoms with Crippen LogP contribution >= 0.6 is 0 Å². The van der Waals surface area contributed by atoms with E-state index in [1.54, 1.807) is 29.5 Å². The normalized spacial score (nSPS) is 10.9. The molecule has 4 aromatic rings. The number of carbonyl (C=O) groups excluding carboxylic acids is 2. The molecule has 8 heteroatoms. The molecule has 8 nitrogen and oxygen atoms in total. The number of aryl methyl sites for hydroxylation is 2. The summed E-state index contributed by atoms with van der Waals surface area (Å²) in [4.78, 5) is 31.7. The number of nitrogens with one attached hydrogen (secondary N) is 1. The number of fused-ring (bicyclic) bond motifs is 1. The molecule has 3 heterocycles. The van der Waals surface area contributed by atoms with Crippen molar-refractivity contribution < 1.29 is 9.59 Å². The molecule has 3 aromatic heterocycles. The number of nitrogens with zero attached hydrogens (tertiary/aromatic N) is 4. The van der Waals surface area contributed by atoms with Crippen LogP contribution in [0, 0.1) is 13.8 Å². The third kappa shape index (κ3) is 4.34. The van der Waals surface area contributed by atoms with Crippen molar-refractivity contribution in [1.29, 1.82) is 0 Å². The summed E-state index contributed by atoms with van der Waals surface area (Å²) in [5.41, 5.74) is 11.4. The lowest BCUT2D eigenvalue weighted by molar-refractivity contribution is -0.107. The van der Waals surface area contributed by atoms with E-state index >= 15 is 0 Å². The number of aromatic nitrogens is 4. The number of nitrogens with two attached hydrogens (primary N) is 1. The zero-order valence-electron chi connectivity index (χ0n) is 18.0. The third-order valence-electron chi connectivity index (χ3n) is 5.56. The molecule has 0 fully saturated rings. The number of hydrogen-bond donors (Lipinski definition) is 2. The summed E-state index contributed by atoms with van der Waals surface area (Å²) in [6, 6.07) is 7.67. The van der Waals surface area contributed by atoms with Crippen LogP contribution in [0.25, 0.3) is 10.8 Å². The Labute approximate surface area is 185 Å². The van der Waals surface area contributed by atoms with Crippen LogP contribution in [0.5, 0.6) is 0 Å². The number of hydrogen-bond acceptors (Lipinski definition) is 6. The molecule has 32 heavy (non-hydrogen) atoms. The number of anilines is 1. The molecule has 162 valence electrons. The summed E-state index contributed by atoms with van der Waals surface area (Å²) in [5, 5.41) is 9.23. The number of aldehydes is 1. The minimum Gasteiger partial charge on any atom is -0.383 e. The molecule has 0 saturated heterocycles. The quantitative estimate of drug-likeness (QED) is 0.437. The van der Waals surface area contributed by atoms with Crippen LogP contribution in [-0.2, 0) is 24.3 Å². The second kappa shape index (κ2) is 8.97. The molecule has 0 aliphatic rings. The highest BCUT2D eigenvalue weighted by molar-refractivity contribution is 5.95. The molecule has 0 aliphatic heterocycles. The lowest BCUT2D eigenvalue weighted by Gasteiger charge is -2.14. The average Bonchev–Trinajstić information content (AvgIpc) is 3.24. The van der Waals surface area contributed by atoms with Crippen molar-refractivity contribution in [2.75, 3.05) is 5.73 Å². The number of nitrogen functional groups attached to an aromatic ring is 1. The predicted molar refractivity (Wildman–Crippen MR) is 122 cm³/mol. The van der Waals surface area contributed by atoms with Crippen molar-refractivity contribution in [1.82, 2.24) is 25.1 Å². The molecule has 0 radical (unpaired) electrons. The Balaban J connectivity index is 1.44. The molecule has 1 amide bonds. The van der Waals surface area contributed by atoms with E-state index in [-0.39, 0.29) is 5.91 Å². The van der Waals surface area contributed by atoms with E-state index in [9.17, 15) is 9.59 Å². The number of rotatable bonds is 7. The predicted octanol–water partition coefficient (Wildman–Crippen LogP) is 2.75. The number of benzene rings is 1.